The van der Waals surface area contributed by atoms with Gasteiger partial charge in [0.1, 0.15) is 17.9 Å². The van der Waals surface area contributed by atoms with Crippen LogP contribution < -0.4 is 5.73 Å². The molecule has 0 saturated carbocycles. The Hall–Kier alpha value is -0.970. The van der Waals surface area contributed by atoms with E-state index in [-0.39, 0.29) is 5.95 Å². The van der Waals surface area contributed by atoms with Gasteiger partial charge in [-0.15, -0.1) is 0 Å². The zero-order chi connectivity index (χ0) is 13.7. The Kier molecular flexibility index (Phi) is 3.12. The number of nitrogens with two attached hydrogens (primary N) is 1. The van der Waals surface area contributed by atoms with Crippen LogP contribution in [0.3, 0.4) is 0 Å². The van der Waals surface area contributed by atoms with Crippen molar-refractivity contribution in [2.24, 2.45) is 0 Å². The fraction of sp³-hybridized carbons (Fsp3) is 0.455. The van der Waals surface area contributed by atoms with Crippen LogP contribution in [-0.2, 0) is 4.74 Å². The highest BCUT2D eigenvalue weighted by atomic mass is 127. The zero-order valence-corrected chi connectivity index (χ0v) is 12.2. The van der Waals surface area contributed by atoms with Crippen LogP contribution in [0.15, 0.2) is 12.4 Å². The van der Waals surface area contributed by atoms with Gasteiger partial charge in [0, 0.05) is 16.0 Å². The summed E-state index contributed by atoms with van der Waals surface area (Å²) in [5, 5.41) is 20.7. The molecule has 7 nitrogen and oxygen atoms in total. The van der Waals surface area contributed by atoms with Gasteiger partial charge in [-0.3, -0.25) is 0 Å². The van der Waals surface area contributed by atoms with E-state index in [9.17, 15) is 10.2 Å². The summed E-state index contributed by atoms with van der Waals surface area (Å²) in [4.78, 5) is 8.13. The maximum atomic E-state index is 10.0. The summed E-state index contributed by atoms with van der Waals surface area (Å²) in [6.07, 6.45) is 0.409. The van der Waals surface area contributed by atoms with Crippen molar-refractivity contribution in [3.05, 3.63) is 16.0 Å². The van der Waals surface area contributed by atoms with Crippen LogP contribution >= 0.6 is 22.6 Å². The van der Waals surface area contributed by atoms with E-state index in [0.717, 1.165) is 8.96 Å². The highest BCUT2D eigenvalue weighted by Crippen LogP contribution is 2.33. The summed E-state index contributed by atoms with van der Waals surface area (Å²) in [5.41, 5.74) is 6.18. The number of halogens is 1. The molecule has 0 unspecified atom stereocenters. The molecule has 3 rings (SSSR count). The number of nitrogens with zero attached hydrogens (tertiary/aromatic N) is 3. The molecule has 0 bridgehead atoms. The Morgan fingerprint density at radius 3 is 2.79 bits per heavy atom. The Balaban J connectivity index is 2.13. The van der Waals surface area contributed by atoms with E-state index >= 15 is 0 Å². The highest BCUT2D eigenvalue weighted by molar-refractivity contribution is 14.1. The Morgan fingerprint density at radius 1 is 1.42 bits per heavy atom. The maximum Gasteiger partial charge on any atom is 0.221 e. The van der Waals surface area contributed by atoms with Gasteiger partial charge in [0.05, 0.1) is 11.5 Å². The lowest BCUT2D eigenvalue weighted by Gasteiger charge is -2.17. The lowest BCUT2D eigenvalue weighted by atomic mass is 10.1. The molecule has 102 valence electrons. The van der Waals surface area contributed by atoms with Gasteiger partial charge in [0.25, 0.3) is 0 Å². The second-order valence-electron chi connectivity index (χ2n) is 4.56. The van der Waals surface area contributed by atoms with Crippen LogP contribution in [0.25, 0.3) is 11.0 Å². The Morgan fingerprint density at radius 2 is 2.16 bits per heavy atom. The second kappa shape index (κ2) is 4.54. The number of nitrogen functional groups attached to an aromatic ring is 1. The van der Waals surface area contributed by atoms with Crippen LogP contribution in [-0.4, -0.2) is 43.1 Å². The molecule has 2 aromatic heterocycles. The Labute approximate surface area is 122 Å². The summed E-state index contributed by atoms with van der Waals surface area (Å²) < 4.78 is 8.21. The number of rotatable bonds is 1. The van der Waals surface area contributed by atoms with E-state index in [1.165, 1.54) is 0 Å². The van der Waals surface area contributed by atoms with Gasteiger partial charge in [-0.25, -0.2) is 4.98 Å². The third kappa shape index (κ3) is 1.98. The van der Waals surface area contributed by atoms with Gasteiger partial charge in [-0.1, -0.05) is 0 Å². The first kappa shape index (κ1) is 13.0. The molecule has 0 radical (unpaired) electrons. The van der Waals surface area contributed by atoms with E-state index in [0.29, 0.717) is 5.65 Å². The predicted octanol–water partition coefficient (Wildman–Crippen LogP) is 0.257. The number of hydrogen-bond donors (Lipinski definition) is 3. The molecule has 0 amide bonds. The molecule has 4 N–H and O–H groups in total. The van der Waals surface area contributed by atoms with Gasteiger partial charge in [-0.2, -0.15) is 4.98 Å². The van der Waals surface area contributed by atoms with Gasteiger partial charge in [0.2, 0.25) is 5.95 Å². The first-order valence-electron chi connectivity index (χ1n) is 5.79. The van der Waals surface area contributed by atoms with E-state index in [2.05, 4.69) is 32.6 Å². The average molecular weight is 376 g/mol. The number of ether oxygens (including phenoxy) is 1. The molecule has 1 saturated heterocycles. The van der Waals surface area contributed by atoms with Crippen molar-refractivity contribution in [1.82, 2.24) is 14.5 Å². The normalized spacial score (nSPS) is 31.2. The minimum absolute atomic E-state index is 0.157. The van der Waals surface area contributed by atoms with Gasteiger partial charge >= 0.3 is 0 Å². The quantitative estimate of drug-likeness (QED) is 0.617. The fourth-order valence-electron chi connectivity index (χ4n) is 2.26. The lowest BCUT2D eigenvalue weighted by molar-refractivity contribution is -0.0296. The minimum Gasteiger partial charge on any atom is -0.388 e. The van der Waals surface area contributed by atoms with Crippen LogP contribution in [0.4, 0.5) is 5.95 Å². The van der Waals surface area contributed by atoms with Gasteiger partial charge in [0.15, 0.2) is 6.23 Å². The van der Waals surface area contributed by atoms with Crippen LogP contribution in [0, 0.1) is 3.57 Å². The van der Waals surface area contributed by atoms with Crippen molar-refractivity contribution in [1.29, 1.82) is 0 Å². The fourth-order valence-corrected chi connectivity index (χ4v) is 2.94. The van der Waals surface area contributed by atoms with Crippen molar-refractivity contribution in [2.75, 3.05) is 5.73 Å². The van der Waals surface area contributed by atoms with Crippen LogP contribution in [0.2, 0.25) is 0 Å². The zero-order valence-electron chi connectivity index (χ0n) is 10.1. The number of aliphatic hydroxyl groups is 2. The van der Waals surface area contributed by atoms with E-state index < -0.39 is 24.5 Å². The summed E-state index contributed by atoms with van der Waals surface area (Å²) in [7, 11) is 0. The smallest absolute Gasteiger partial charge is 0.221 e. The first-order chi connectivity index (χ1) is 8.99. The Bertz CT molecular complexity index is 632. The molecule has 1 aliphatic rings. The predicted molar refractivity (Wildman–Crippen MR) is 76.3 cm³/mol. The monoisotopic (exact) mass is 376 g/mol. The molecule has 1 fully saturated rings. The summed E-state index contributed by atoms with van der Waals surface area (Å²) in [5.74, 6) is 0.157. The molecular weight excluding hydrogens is 363 g/mol. The van der Waals surface area contributed by atoms with E-state index in [4.69, 9.17) is 10.5 Å². The lowest BCUT2D eigenvalue weighted by Crippen LogP contribution is -2.30. The van der Waals surface area contributed by atoms with Gasteiger partial charge in [-0.05, 0) is 29.5 Å². The molecule has 0 spiro atoms. The molecule has 4 atom stereocenters. The summed E-state index contributed by atoms with van der Waals surface area (Å²) in [6, 6.07) is 0. The summed E-state index contributed by atoms with van der Waals surface area (Å²) >= 11 is 2.15. The largest absolute Gasteiger partial charge is 0.388 e. The topological polar surface area (TPSA) is 106 Å². The third-order valence-electron chi connectivity index (χ3n) is 3.29. The molecule has 2 aromatic rings. The van der Waals surface area contributed by atoms with E-state index in [1.54, 1.807) is 23.9 Å². The second-order valence-corrected chi connectivity index (χ2v) is 5.72. The van der Waals surface area contributed by atoms with Crippen molar-refractivity contribution < 1.29 is 14.9 Å². The van der Waals surface area contributed by atoms with Crippen LogP contribution in [0.1, 0.15) is 13.2 Å². The standard InChI is InChI=1S/C11H13IN4O3/c1-4-7(17)8(18)10(19-4)16-3-6(12)5-2-14-11(13)15-9(5)16/h2-4,7-8,10,17-18H,1H3,(H2,13,14,15)/t4-,7-,8-,10-/m1/s1. The van der Waals surface area contributed by atoms with Crippen LogP contribution in [0.5, 0.6) is 0 Å². The highest BCUT2D eigenvalue weighted by Gasteiger charge is 2.41. The average Bonchev–Trinajstić information content (AvgIpc) is 2.82. The summed E-state index contributed by atoms with van der Waals surface area (Å²) in [6.45, 7) is 1.72. The maximum absolute atomic E-state index is 10.0. The number of hydrogen-bond acceptors (Lipinski definition) is 6. The molecule has 0 aliphatic carbocycles. The molecule has 1 aliphatic heterocycles. The minimum atomic E-state index is -1.00. The van der Waals surface area contributed by atoms with E-state index in [1.807, 2.05) is 0 Å². The third-order valence-corrected chi connectivity index (χ3v) is 4.15. The SMILES string of the molecule is C[C@H]1O[C@@H](n2cc(I)c3cnc(N)nc32)[C@H](O)[C@@H]1O. The number of aromatic nitrogens is 3. The van der Waals surface area contributed by atoms with Crippen molar-refractivity contribution in [3.8, 4) is 0 Å². The molecule has 8 heteroatoms. The first-order valence-corrected chi connectivity index (χ1v) is 6.87. The van der Waals surface area contributed by atoms with Crippen molar-refractivity contribution >= 4 is 39.6 Å². The van der Waals surface area contributed by atoms with Crippen molar-refractivity contribution in [2.45, 2.75) is 31.5 Å². The molecule has 19 heavy (non-hydrogen) atoms. The molecular formula is C11H13IN4O3. The van der Waals surface area contributed by atoms with Gasteiger partial charge < -0.3 is 25.3 Å². The number of aliphatic hydroxyl groups excluding tert-OH is 2. The van der Waals surface area contributed by atoms with Crippen molar-refractivity contribution in [3.63, 3.8) is 0 Å². The molecule has 0 aromatic carbocycles. The molecule has 3 heterocycles. The number of anilines is 1. The number of fused-ring (bicyclic) bond motifs is 1.